The number of nitrogens with zero attached hydrogens (tertiary/aromatic N) is 1. The molecule has 0 aliphatic rings. The quantitative estimate of drug-likeness (QED) is 0.799. The molecule has 102 valence electrons. The molecule has 0 saturated heterocycles. The Labute approximate surface area is 112 Å². The average molecular weight is 249 g/mol. The highest BCUT2D eigenvalue weighted by Crippen LogP contribution is 2.18. The van der Waals surface area contributed by atoms with E-state index in [2.05, 4.69) is 44.9 Å². The maximum atomic E-state index is 10.1. The van der Waals surface area contributed by atoms with Crippen LogP contribution < -0.4 is 0 Å². The van der Waals surface area contributed by atoms with Crippen LogP contribution in [-0.4, -0.2) is 29.6 Å². The number of hydrogen-bond acceptors (Lipinski definition) is 2. The van der Waals surface area contributed by atoms with Gasteiger partial charge in [-0.15, -0.1) is 0 Å². The molecule has 0 fully saturated rings. The number of aryl methyl sites for hydroxylation is 1. The molecule has 18 heavy (non-hydrogen) atoms. The van der Waals surface area contributed by atoms with Gasteiger partial charge in [-0.1, -0.05) is 43.2 Å². The zero-order valence-corrected chi connectivity index (χ0v) is 12.2. The Kier molecular flexibility index (Phi) is 6.37. The lowest BCUT2D eigenvalue weighted by Gasteiger charge is -2.25. The zero-order chi connectivity index (χ0) is 13.5. The first-order valence-corrected chi connectivity index (χ1v) is 6.99. The number of benzene rings is 1. The van der Waals surface area contributed by atoms with Gasteiger partial charge >= 0.3 is 0 Å². The van der Waals surface area contributed by atoms with Crippen molar-refractivity contribution < 1.29 is 5.11 Å². The first-order valence-electron chi connectivity index (χ1n) is 6.99. The van der Waals surface area contributed by atoms with Crippen LogP contribution in [0.5, 0.6) is 0 Å². The first-order chi connectivity index (χ1) is 8.54. The van der Waals surface area contributed by atoms with Crippen molar-refractivity contribution in [2.75, 3.05) is 13.6 Å². The minimum absolute atomic E-state index is 0.345. The third-order valence-electron chi connectivity index (χ3n) is 3.68. The molecule has 1 aromatic rings. The summed E-state index contributed by atoms with van der Waals surface area (Å²) in [5.41, 5.74) is 2.26. The Morgan fingerprint density at radius 1 is 1.17 bits per heavy atom. The van der Waals surface area contributed by atoms with Gasteiger partial charge in [0.25, 0.3) is 0 Å². The van der Waals surface area contributed by atoms with Crippen molar-refractivity contribution in [2.24, 2.45) is 0 Å². The maximum absolute atomic E-state index is 10.1. The molecule has 0 aromatic heterocycles. The Morgan fingerprint density at radius 2 is 1.78 bits per heavy atom. The molecule has 2 unspecified atom stereocenters. The molecule has 1 aromatic carbocycles. The van der Waals surface area contributed by atoms with Gasteiger partial charge in [0, 0.05) is 12.6 Å². The van der Waals surface area contributed by atoms with E-state index >= 15 is 0 Å². The molecule has 0 bridgehead atoms. The van der Waals surface area contributed by atoms with Gasteiger partial charge in [0.15, 0.2) is 0 Å². The van der Waals surface area contributed by atoms with Gasteiger partial charge in [-0.2, -0.15) is 0 Å². The monoisotopic (exact) mass is 249 g/mol. The fourth-order valence-corrected chi connectivity index (χ4v) is 2.14. The number of aliphatic hydroxyl groups excluding tert-OH is 1. The second-order valence-electron chi connectivity index (χ2n) is 5.33. The fourth-order valence-electron chi connectivity index (χ4n) is 2.14. The van der Waals surface area contributed by atoms with Crippen LogP contribution in [0.3, 0.4) is 0 Å². The number of hydrogen-bond donors (Lipinski definition) is 1. The first kappa shape index (κ1) is 15.2. The van der Waals surface area contributed by atoms with Crippen LogP contribution in [0.2, 0.25) is 0 Å². The summed E-state index contributed by atoms with van der Waals surface area (Å²) in [6.07, 6.45) is 2.89. The Balaban J connectivity index is 2.41. The van der Waals surface area contributed by atoms with Gasteiger partial charge in [0.05, 0.1) is 6.10 Å². The normalized spacial score (nSPS) is 14.8. The van der Waals surface area contributed by atoms with Gasteiger partial charge in [-0.05, 0) is 39.3 Å². The van der Waals surface area contributed by atoms with Gasteiger partial charge < -0.3 is 10.0 Å². The van der Waals surface area contributed by atoms with Gasteiger partial charge in [-0.3, -0.25) is 0 Å². The van der Waals surface area contributed by atoms with Crippen LogP contribution >= 0.6 is 0 Å². The minimum Gasteiger partial charge on any atom is -0.388 e. The van der Waals surface area contributed by atoms with E-state index in [1.807, 2.05) is 12.1 Å². The van der Waals surface area contributed by atoms with Crippen LogP contribution in [-0.2, 0) is 0 Å². The maximum Gasteiger partial charge on any atom is 0.0802 e. The van der Waals surface area contributed by atoms with Crippen molar-refractivity contribution >= 4 is 0 Å². The van der Waals surface area contributed by atoms with Crippen LogP contribution in [0, 0.1) is 6.92 Å². The SMILES string of the molecule is CCCC(C)N(C)CCC(O)c1ccc(C)cc1. The van der Waals surface area contributed by atoms with Crippen molar-refractivity contribution in [3.63, 3.8) is 0 Å². The molecule has 0 aliphatic carbocycles. The van der Waals surface area contributed by atoms with Gasteiger partial charge in [-0.25, -0.2) is 0 Å². The Bertz CT molecular complexity index is 333. The lowest BCUT2D eigenvalue weighted by Crippen LogP contribution is -2.30. The summed E-state index contributed by atoms with van der Waals surface area (Å²) in [5, 5.41) is 10.1. The lowest BCUT2D eigenvalue weighted by atomic mass is 10.0. The topological polar surface area (TPSA) is 23.5 Å². The smallest absolute Gasteiger partial charge is 0.0802 e. The molecule has 2 heteroatoms. The molecular weight excluding hydrogens is 222 g/mol. The fraction of sp³-hybridized carbons (Fsp3) is 0.625. The molecule has 1 rings (SSSR count). The van der Waals surface area contributed by atoms with E-state index in [0.29, 0.717) is 6.04 Å². The standard InChI is InChI=1S/C16H27NO/c1-5-6-14(3)17(4)12-11-16(18)15-9-7-13(2)8-10-15/h7-10,14,16,18H,5-6,11-12H2,1-4H3. The zero-order valence-electron chi connectivity index (χ0n) is 12.2. The number of aliphatic hydroxyl groups is 1. The molecule has 0 saturated carbocycles. The van der Waals surface area contributed by atoms with Crippen molar-refractivity contribution in [1.82, 2.24) is 4.90 Å². The summed E-state index contributed by atoms with van der Waals surface area (Å²) in [6.45, 7) is 7.47. The van der Waals surface area contributed by atoms with Crippen LogP contribution in [0.4, 0.5) is 0 Å². The van der Waals surface area contributed by atoms with Crippen LogP contribution in [0.25, 0.3) is 0 Å². The van der Waals surface area contributed by atoms with Gasteiger partial charge in [0.2, 0.25) is 0 Å². The average Bonchev–Trinajstić information content (AvgIpc) is 2.36. The van der Waals surface area contributed by atoms with Gasteiger partial charge in [0.1, 0.15) is 0 Å². The van der Waals surface area contributed by atoms with E-state index in [-0.39, 0.29) is 6.10 Å². The molecule has 0 spiro atoms. The van der Waals surface area contributed by atoms with E-state index < -0.39 is 0 Å². The van der Waals surface area contributed by atoms with E-state index in [4.69, 9.17) is 0 Å². The molecular formula is C16H27NO. The predicted octanol–water partition coefficient (Wildman–Crippen LogP) is 3.54. The van der Waals surface area contributed by atoms with Crippen molar-refractivity contribution in [3.8, 4) is 0 Å². The highest BCUT2D eigenvalue weighted by Gasteiger charge is 2.12. The number of rotatable bonds is 7. The molecule has 1 N–H and O–H groups in total. The third-order valence-corrected chi connectivity index (χ3v) is 3.68. The summed E-state index contributed by atoms with van der Waals surface area (Å²) < 4.78 is 0. The molecule has 2 nitrogen and oxygen atoms in total. The van der Waals surface area contributed by atoms with E-state index in [1.165, 1.54) is 18.4 Å². The second-order valence-corrected chi connectivity index (χ2v) is 5.33. The summed E-state index contributed by atoms with van der Waals surface area (Å²) in [6, 6.07) is 8.76. The highest BCUT2D eigenvalue weighted by atomic mass is 16.3. The van der Waals surface area contributed by atoms with Crippen LogP contribution in [0.15, 0.2) is 24.3 Å². The summed E-state index contributed by atoms with van der Waals surface area (Å²) in [7, 11) is 2.14. The lowest BCUT2D eigenvalue weighted by molar-refractivity contribution is 0.137. The van der Waals surface area contributed by atoms with Crippen molar-refractivity contribution in [3.05, 3.63) is 35.4 Å². The highest BCUT2D eigenvalue weighted by molar-refractivity contribution is 5.22. The molecule has 0 heterocycles. The van der Waals surface area contributed by atoms with Crippen LogP contribution in [0.1, 0.15) is 50.3 Å². The summed E-state index contributed by atoms with van der Waals surface area (Å²) in [5.74, 6) is 0. The Hall–Kier alpha value is -0.860. The van der Waals surface area contributed by atoms with E-state index in [0.717, 1.165) is 18.5 Å². The summed E-state index contributed by atoms with van der Waals surface area (Å²) in [4.78, 5) is 2.33. The molecule has 0 amide bonds. The van der Waals surface area contributed by atoms with E-state index in [9.17, 15) is 5.11 Å². The molecule has 0 radical (unpaired) electrons. The van der Waals surface area contributed by atoms with E-state index in [1.54, 1.807) is 0 Å². The molecule has 0 aliphatic heterocycles. The Morgan fingerprint density at radius 3 is 2.33 bits per heavy atom. The second kappa shape index (κ2) is 7.55. The third kappa shape index (κ3) is 4.79. The predicted molar refractivity (Wildman–Crippen MR) is 77.8 cm³/mol. The summed E-state index contributed by atoms with van der Waals surface area (Å²) >= 11 is 0. The molecule has 2 atom stereocenters. The largest absolute Gasteiger partial charge is 0.388 e. The minimum atomic E-state index is -0.345. The van der Waals surface area contributed by atoms with Crippen molar-refractivity contribution in [1.29, 1.82) is 0 Å². The van der Waals surface area contributed by atoms with Crippen molar-refractivity contribution in [2.45, 2.75) is 52.2 Å².